The second-order valence-corrected chi connectivity index (χ2v) is 12.0. The Morgan fingerprint density at radius 3 is 2.07 bits per heavy atom. The minimum atomic E-state index is -4.22. The van der Waals surface area contributed by atoms with Crippen molar-refractivity contribution in [3.63, 3.8) is 0 Å². The summed E-state index contributed by atoms with van der Waals surface area (Å²) in [6.07, 6.45) is 0.228. The number of sulfonamides is 1. The highest BCUT2D eigenvalue weighted by Gasteiger charge is 2.35. The molecule has 4 aromatic rings. The summed E-state index contributed by atoms with van der Waals surface area (Å²) < 4.78 is 34.6. The average molecular weight is 620 g/mol. The molecule has 43 heavy (non-hydrogen) atoms. The second kappa shape index (κ2) is 14.7. The number of likely N-dealkylation sites (N-methyl/N-ethyl adjacent to an activating group) is 1. The highest BCUT2D eigenvalue weighted by molar-refractivity contribution is 7.92. The van der Waals surface area contributed by atoms with Gasteiger partial charge < -0.3 is 15.0 Å². The lowest BCUT2D eigenvalue weighted by molar-refractivity contribution is -0.140. The largest absolute Gasteiger partial charge is 0.495 e. The summed E-state index contributed by atoms with van der Waals surface area (Å²) in [5, 5.41) is 3.38. The van der Waals surface area contributed by atoms with Crippen LogP contribution in [-0.4, -0.2) is 51.4 Å². The van der Waals surface area contributed by atoms with Crippen molar-refractivity contribution in [2.45, 2.75) is 30.8 Å². The molecule has 8 nitrogen and oxygen atoms in total. The van der Waals surface area contributed by atoms with Gasteiger partial charge >= 0.3 is 0 Å². The standard InChI is InChI=1S/C33H34ClN3O5S/c1-3-35-33(39)30(22-25-12-6-4-7-13-25)36(23-26-18-20-27(34)21-19-26)32(38)24-37(29-16-10-11-17-31(29)42-2)43(40,41)28-14-8-5-9-15-28/h4-21,30H,3,22-24H2,1-2H3,(H,35,39). The fourth-order valence-electron chi connectivity index (χ4n) is 4.70. The Bertz CT molecular complexity index is 1620. The van der Waals surface area contributed by atoms with E-state index < -0.39 is 28.5 Å². The lowest BCUT2D eigenvalue weighted by Crippen LogP contribution is -2.53. The number of hydrogen-bond donors (Lipinski definition) is 1. The first kappa shape index (κ1) is 31.6. The molecule has 0 bridgehead atoms. The molecule has 0 fully saturated rings. The average Bonchev–Trinajstić information content (AvgIpc) is 3.03. The number of methoxy groups -OCH3 is 1. The fourth-order valence-corrected chi connectivity index (χ4v) is 6.27. The van der Waals surface area contributed by atoms with Crippen molar-refractivity contribution in [1.82, 2.24) is 10.2 Å². The Kier molecular flexibility index (Phi) is 10.8. The summed E-state index contributed by atoms with van der Waals surface area (Å²) in [4.78, 5) is 29.4. The zero-order valence-corrected chi connectivity index (χ0v) is 25.6. The van der Waals surface area contributed by atoms with Gasteiger partial charge in [0.2, 0.25) is 11.8 Å². The number of rotatable bonds is 13. The molecule has 0 aliphatic rings. The summed E-state index contributed by atoms with van der Waals surface area (Å²) in [5.74, 6) is -0.625. The molecule has 2 amide bonds. The molecule has 0 heterocycles. The first-order valence-electron chi connectivity index (χ1n) is 13.8. The van der Waals surface area contributed by atoms with E-state index >= 15 is 0 Å². The molecule has 0 aromatic heterocycles. The van der Waals surface area contributed by atoms with Gasteiger partial charge in [0.15, 0.2) is 0 Å². The van der Waals surface area contributed by atoms with Gasteiger partial charge in [-0.05, 0) is 54.4 Å². The summed E-state index contributed by atoms with van der Waals surface area (Å²) in [5.41, 5.74) is 1.78. The van der Waals surface area contributed by atoms with Crippen LogP contribution in [0.4, 0.5) is 5.69 Å². The molecule has 0 spiro atoms. The Labute approximate surface area is 257 Å². The maximum Gasteiger partial charge on any atom is 0.264 e. The smallest absolute Gasteiger partial charge is 0.264 e. The Hall–Kier alpha value is -4.34. The van der Waals surface area contributed by atoms with Gasteiger partial charge in [-0.3, -0.25) is 13.9 Å². The van der Waals surface area contributed by atoms with E-state index in [0.717, 1.165) is 15.4 Å². The van der Waals surface area contributed by atoms with Gasteiger partial charge in [0.05, 0.1) is 17.7 Å². The van der Waals surface area contributed by atoms with Gasteiger partial charge in [-0.2, -0.15) is 0 Å². The SMILES string of the molecule is CCNC(=O)C(Cc1ccccc1)N(Cc1ccc(Cl)cc1)C(=O)CN(c1ccccc1OC)S(=O)(=O)c1ccccc1. The van der Waals surface area contributed by atoms with Gasteiger partial charge in [0, 0.05) is 24.5 Å². The topological polar surface area (TPSA) is 96.0 Å². The van der Waals surface area contributed by atoms with E-state index in [-0.39, 0.29) is 35.2 Å². The highest BCUT2D eigenvalue weighted by atomic mass is 35.5. The van der Waals surface area contributed by atoms with Crippen LogP contribution in [0.25, 0.3) is 0 Å². The van der Waals surface area contributed by atoms with Crippen molar-refractivity contribution in [3.8, 4) is 5.75 Å². The molecule has 10 heteroatoms. The molecule has 4 rings (SSSR count). The number of para-hydroxylation sites is 2. The van der Waals surface area contributed by atoms with Gasteiger partial charge in [-0.25, -0.2) is 8.42 Å². The molecule has 0 aliphatic heterocycles. The predicted molar refractivity (Wildman–Crippen MR) is 169 cm³/mol. The molecular weight excluding hydrogens is 586 g/mol. The van der Waals surface area contributed by atoms with Gasteiger partial charge in [0.25, 0.3) is 10.0 Å². The molecule has 0 aliphatic carbocycles. The summed E-state index contributed by atoms with van der Waals surface area (Å²) in [6.45, 7) is 1.65. The predicted octanol–water partition coefficient (Wildman–Crippen LogP) is 5.32. The quantitative estimate of drug-likeness (QED) is 0.219. The number of nitrogens with zero attached hydrogens (tertiary/aromatic N) is 2. The number of hydrogen-bond acceptors (Lipinski definition) is 5. The van der Waals surface area contributed by atoms with E-state index in [1.165, 1.54) is 24.1 Å². The van der Waals surface area contributed by atoms with Crippen LogP contribution in [0.15, 0.2) is 114 Å². The molecule has 1 atom stereocenters. The normalized spacial score (nSPS) is 11.8. The molecule has 4 aromatic carbocycles. The number of halogens is 1. The van der Waals surface area contributed by atoms with Crippen LogP contribution < -0.4 is 14.4 Å². The van der Waals surface area contributed by atoms with Gasteiger partial charge in [0.1, 0.15) is 18.3 Å². The Morgan fingerprint density at radius 2 is 1.44 bits per heavy atom. The van der Waals surface area contributed by atoms with E-state index in [1.807, 2.05) is 30.3 Å². The number of carbonyl (C=O) groups excluding carboxylic acids is 2. The first-order valence-corrected chi connectivity index (χ1v) is 15.6. The summed E-state index contributed by atoms with van der Waals surface area (Å²) in [6, 6.07) is 29.9. The monoisotopic (exact) mass is 619 g/mol. The summed E-state index contributed by atoms with van der Waals surface area (Å²) >= 11 is 6.12. The maximum atomic E-state index is 14.4. The molecule has 1 N–H and O–H groups in total. The zero-order chi connectivity index (χ0) is 30.8. The van der Waals surface area contributed by atoms with Crippen molar-refractivity contribution in [2.24, 2.45) is 0 Å². The Morgan fingerprint density at radius 1 is 0.837 bits per heavy atom. The number of amides is 2. The third kappa shape index (κ3) is 7.94. The van der Waals surface area contributed by atoms with E-state index in [1.54, 1.807) is 73.7 Å². The van der Waals surface area contributed by atoms with E-state index in [9.17, 15) is 18.0 Å². The van der Waals surface area contributed by atoms with Gasteiger partial charge in [-0.15, -0.1) is 0 Å². The maximum absolute atomic E-state index is 14.4. The minimum absolute atomic E-state index is 0.0162. The number of benzene rings is 4. The summed E-state index contributed by atoms with van der Waals surface area (Å²) in [7, 11) is -2.78. The second-order valence-electron chi connectivity index (χ2n) is 9.74. The number of nitrogens with one attached hydrogen (secondary N) is 1. The Balaban J connectivity index is 1.81. The third-order valence-electron chi connectivity index (χ3n) is 6.85. The molecule has 0 radical (unpaired) electrons. The first-order chi connectivity index (χ1) is 20.7. The zero-order valence-electron chi connectivity index (χ0n) is 24.0. The molecule has 1 unspecified atom stereocenters. The lowest BCUT2D eigenvalue weighted by atomic mass is 10.0. The minimum Gasteiger partial charge on any atom is -0.495 e. The van der Waals surface area contributed by atoms with Crippen molar-refractivity contribution in [2.75, 3.05) is 24.5 Å². The van der Waals surface area contributed by atoms with Crippen LogP contribution in [0, 0.1) is 0 Å². The molecule has 0 saturated heterocycles. The highest BCUT2D eigenvalue weighted by Crippen LogP contribution is 2.32. The van der Waals surface area contributed by atoms with Crippen LogP contribution in [0.3, 0.4) is 0 Å². The number of anilines is 1. The van der Waals surface area contributed by atoms with E-state index in [4.69, 9.17) is 16.3 Å². The molecule has 224 valence electrons. The van der Waals surface area contributed by atoms with Crippen molar-refractivity contribution in [3.05, 3.63) is 125 Å². The third-order valence-corrected chi connectivity index (χ3v) is 8.88. The van der Waals surface area contributed by atoms with Crippen LogP contribution in [0.1, 0.15) is 18.1 Å². The molecular formula is C33H34ClN3O5S. The van der Waals surface area contributed by atoms with Crippen molar-refractivity contribution in [1.29, 1.82) is 0 Å². The van der Waals surface area contributed by atoms with E-state index in [2.05, 4.69) is 5.32 Å². The van der Waals surface area contributed by atoms with Crippen LogP contribution in [-0.2, 0) is 32.6 Å². The van der Waals surface area contributed by atoms with Crippen molar-refractivity contribution < 1.29 is 22.7 Å². The van der Waals surface area contributed by atoms with Gasteiger partial charge in [-0.1, -0.05) is 84.4 Å². The van der Waals surface area contributed by atoms with Crippen LogP contribution >= 0.6 is 11.6 Å². The number of carbonyl (C=O) groups is 2. The van der Waals surface area contributed by atoms with Crippen LogP contribution in [0.5, 0.6) is 5.75 Å². The van der Waals surface area contributed by atoms with Crippen molar-refractivity contribution >= 4 is 39.1 Å². The lowest BCUT2D eigenvalue weighted by Gasteiger charge is -2.34. The number of ether oxygens (including phenoxy) is 1. The van der Waals surface area contributed by atoms with Crippen LogP contribution in [0.2, 0.25) is 5.02 Å². The molecule has 0 saturated carbocycles. The van der Waals surface area contributed by atoms with E-state index in [0.29, 0.717) is 11.6 Å². The fraction of sp³-hybridized carbons (Fsp3) is 0.212.